The van der Waals surface area contributed by atoms with Gasteiger partial charge in [0.25, 0.3) is 0 Å². The van der Waals surface area contributed by atoms with Crippen LogP contribution in [-0.2, 0) is 0 Å². The van der Waals surface area contributed by atoms with Gasteiger partial charge in [-0.05, 0) is 29.8 Å². The number of nitrogens with zero attached hydrogens (tertiary/aromatic N) is 1. The van der Waals surface area contributed by atoms with Gasteiger partial charge in [-0.2, -0.15) is 0 Å². The average molecular weight is 263 g/mol. The van der Waals surface area contributed by atoms with E-state index < -0.39 is 0 Å². The van der Waals surface area contributed by atoms with Gasteiger partial charge >= 0.3 is 0 Å². The van der Waals surface area contributed by atoms with Gasteiger partial charge < -0.3 is 4.74 Å². The van der Waals surface area contributed by atoms with Crippen molar-refractivity contribution in [3.05, 3.63) is 60.3 Å². The molecule has 3 nitrogen and oxygen atoms in total. The number of fused-ring (bicyclic) bond motifs is 1. The van der Waals surface area contributed by atoms with Crippen LogP contribution in [0.4, 0.5) is 0 Å². The zero-order valence-corrected chi connectivity index (χ0v) is 11.0. The van der Waals surface area contributed by atoms with Crippen LogP contribution in [-0.4, -0.2) is 18.4 Å². The first-order valence-corrected chi connectivity index (χ1v) is 6.31. The molecule has 0 fully saturated rings. The lowest BCUT2D eigenvalue weighted by molar-refractivity contribution is 0.112. The molecule has 0 aliphatic heterocycles. The maximum atomic E-state index is 11.3. The summed E-state index contributed by atoms with van der Waals surface area (Å²) in [6, 6.07) is 15.4. The molecular formula is C17H13NO2. The van der Waals surface area contributed by atoms with Gasteiger partial charge in [0.1, 0.15) is 5.75 Å². The van der Waals surface area contributed by atoms with Gasteiger partial charge in [-0.1, -0.05) is 24.3 Å². The van der Waals surface area contributed by atoms with Gasteiger partial charge in [0.15, 0.2) is 6.29 Å². The molecule has 0 radical (unpaired) electrons. The maximum absolute atomic E-state index is 11.3. The number of carbonyl (C=O) groups excluding carboxylic acids is 1. The van der Waals surface area contributed by atoms with E-state index in [0.717, 1.165) is 28.3 Å². The van der Waals surface area contributed by atoms with Crippen molar-refractivity contribution in [3.8, 4) is 16.9 Å². The first-order valence-electron chi connectivity index (χ1n) is 6.31. The number of ether oxygens (including phenoxy) is 1. The summed E-state index contributed by atoms with van der Waals surface area (Å²) in [7, 11) is 1.59. The molecule has 0 aliphatic rings. The molecule has 3 rings (SSSR count). The number of aldehydes is 1. The molecule has 98 valence electrons. The van der Waals surface area contributed by atoms with Gasteiger partial charge in [-0.15, -0.1) is 0 Å². The number of benzene rings is 2. The second-order valence-corrected chi connectivity index (χ2v) is 4.45. The van der Waals surface area contributed by atoms with Gasteiger partial charge in [-0.25, -0.2) is 0 Å². The van der Waals surface area contributed by atoms with Crippen LogP contribution in [0.3, 0.4) is 0 Å². The van der Waals surface area contributed by atoms with Crippen LogP contribution in [0.15, 0.2) is 54.7 Å². The molecule has 3 heteroatoms. The van der Waals surface area contributed by atoms with E-state index in [2.05, 4.69) is 4.98 Å². The predicted octanol–water partition coefficient (Wildman–Crippen LogP) is 3.72. The molecule has 0 saturated heterocycles. The van der Waals surface area contributed by atoms with Crippen molar-refractivity contribution in [1.82, 2.24) is 4.98 Å². The van der Waals surface area contributed by atoms with Crippen LogP contribution in [0.25, 0.3) is 22.0 Å². The molecule has 2 aromatic carbocycles. The number of para-hydroxylation sites is 1. The second kappa shape index (κ2) is 5.13. The van der Waals surface area contributed by atoms with Crippen molar-refractivity contribution in [3.63, 3.8) is 0 Å². The summed E-state index contributed by atoms with van der Waals surface area (Å²) in [5.41, 5.74) is 3.31. The summed E-state index contributed by atoms with van der Waals surface area (Å²) in [4.78, 5) is 15.8. The smallest absolute Gasteiger partial charge is 0.150 e. The van der Waals surface area contributed by atoms with Crippen LogP contribution in [0.2, 0.25) is 0 Å². The Morgan fingerprint density at radius 1 is 1.05 bits per heavy atom. The molecule has 0 amide bonds. The fraction of sp³-hybridized carbons (Fsp3) is 0.0588. The minimum atomic E-state index is 0.600. The van der Waals surface area contributed by atoms with E-state index in [1.165, 1.54) is 0 Å². The summed E-state index contributed by atoms with van der Waals surface area (Å²) < 4.78 is 5.16. The molecule has 1 heterocycles. The van der Waals surface area contributed by atoms with E-state index in [0.29, 0.717) is 11.3 Å². The number of carbonyl (C=O) groups is 1. The average Bonchev–Trinajstić information content (AvgIpc) is 2.53. The first-order chi connectivity index (χ1) is 9.83. The molecule has 0 aliphatic carbocycles. The molecule has 0 N–H and O–H groups in total. The third-order valence-electron chi connectivity index (χ3n) is 3.31. The van der Waals surface area contributed by atoms with Gasteiger partial charge in [0.2, 0.25) is 0 Å². The Morgan fingerprint density at radius 2 is 1.90 bits per heavy atom. The standard InChI is InChI=1S/C17H13NO2/c1-20-14-7-8-15(13(10-14)11-19)16-6-2-4-12-5-3-9-18-17(12)16/h2-11H,1H3. The number of aromatic nitrogens is 1. The Kier molecular flexibility index (Phi) is 3.17. The molecule has 0 saturated carbocycles. The van der Waals surface area contributed by atoms with E-state index in [4.69, 9.17) is 4.74 Å². The summed E-state index contributed by atoms with van der Waals surface area (Å²) in [6.07, 6.45) is 2.61. The predicted molar refractivity (Wildman–Crippen MR) is 79.1 cm³/mol. The molecule has 0 spiro atoms. The largest absolute Gasteiger partial charge is 0.497 e. The van der Waals surface area contributed by atoms with Gasteiger partial charge in [0, 0.05) is 22.7 Å². The molecule has 0 unspecified atom stereocenters. The van der Waals surface area contributed by atoms with Crippen molar-refractivity contribution < 1.29 is 9.53 Å². The van der Waals surface area contributed by atoms with Crippen LogP contribution < -0.4 is 4.74 Å². The van der Waals surface area contributed by atoms with Gasteiger partial charge in [-0.3, -0.25) is 9.78 Å². The number of hydrogen-bond donors (Lipinski definition) is 0. The molecule has 0 bridgehead atoms. The lowest BCUT2D eigenvalue weighted by atomic mass is 9.97. The highest BCUT2D eigenvalue weighted by atomic mass is 16.5. The molecule has 0 atom stereocenters. The van der Waals surface area contributed by atoms with Crippen molar-refractivity contribution in [2.45, 2.75) is 0 Å². The number of pyridine rings is 1. The van der Waals surface area contributed by atoms with E-state index in [-0.39, 0.29) is 0 Å². The zero-order chi connectivity index (χ0) is 13.9. The molecule has 3 aromatic rings. The van der Waals surface area contributed by atoms with Gasteiger partial charge in [0.05, 0.1) is 12.6 Å². The Hall–Kier alpha value is -2.68. The lowest BCUT2D eigenvalue weighted by Gasteiger charge is -2.09. The molecule has 1 aromatic heterocycles. The highest BCUT2D eigenvalue weighted by Crippen LogP contribution is 2.31. The third-order valence-corrected chi connectivity index (χ3v) is 3.31. The summed E-state index contributed by atoms with van der Waals surface area (Å²) in [6.45, 7) is 0. The lowest BCUT2D eigenvalue weighted by Crippen LogP contribution is -1.92. The first kappa shape index (κ1) is 12.4. The minimum Gasteiger partial charge on any atom is -0.497 e. The van der Waals surface area contributed by atoms with Crippen LogP contribution in [0.1, 0.15) is 10.4 Å². The van der Waals surface area contributed by atoms with E-state index in [9.17, 15) is 4.79 Å². The second-order valence-electron chi connectivity index (χ2n) is 4.45. The summed E-state index contributed by atoms with van der Waals surface area (Å²) in [5.74, 6) is 0.670. The zero-order valence-electron chi connectivity index (χ0n) is 11.0. The Labute approximate surface area is 116 Å². The quantitative estimate of drug-likeness (QED) is 0.676. The number of rotatable bonds is 3. The minimum absolute atomic E-state index is 0.600. The van der Waals surface area contributed by atoms with Crippen molar-refractivity contribution in [2.24, 2.45) is 0 Å². The highest BCUT2D eigenvalue weighted by molar-refractivity contribution is 5.98. The topological polar surface area (TPSA) is 39.2 Å². The SMILES string of the molecule is COc1ccc(-c2cccc3cccnc23)c(C=O)c1. The Balaban J connectivity index is 2.28. The Bertz CT molecular complexity index is 776. The Morgan fingerprint density at radius 3 is 2.70 bits per heavy atom. The molecule has 20 heavy (non-hydrogen) atoms. The number of hydrogen-bond acceptors (Lipinski definition) is 3. The summed E-state index contributed by atoms with van der Waals surface area (Å²) >= 11 is 0. The van der Waals surface area contributed by atoms with E-state index in [1.807, 2.05) is 42.5 Å². The van der Waals surface area contributed by atoms with E-state index >= 15 is 0 Å². The van der Waals surface area contributed by atoms with Crippen molar-refractivity contribution >= 4 is 17.2 Å². The van der Waals surface area contributed by atoms with E-state index in [1.54, 1.807) is 19.4 Å². The fourth-order valence-electron chi connectivity index (χ4n) is 2.33. The van der Waals surface area contributed by atoms with Crippen LogP contribution >= 0.6 is 0 Å². The van der Waals surface area contributed by atoms with Crippen LogP contribution in [0.5, 0.6) is 5.75 Å². The summed E-state index contributed by atoms with van der Waals surface area (Å²) in [5, 5.41) is 1.05. The fourth-order valence-corrected chi connectivity index (χ4v) is 2.33. The van der Waals surface area contributed by atoms with Crippen molar-refractivity contribution in [2.75, 3.05) is 7.11 Å². The molecular weight excluding hydrogens is 250 g/mol. The highest BCUT2D eigenvalue weighted by Gasteiger charge is 2.10. The normalized spacial score (nSPS) is 10.4. The van der Waals surface area contributed by atoms with Crippen LogP contribution in [0, 0.1) is 0 Å². The maximum Gasteiger partial charge on any atom is 0.150 e. The number of methoxy groups -OCH3 is 1. The monoisotopic (exact) mass is 263 g/mol. The third kappa shape index (κ3) is 2.03. The van der Waals surface area contributed by atoms with Crippen molar-refractivity contribution in [1.29, 1.82) is 0 Å².